The lowest BCUT2D eigenvalue weighted by Gasteiger charge is -2.36. The Morgan fingerprint density at radius 2 is 2.42 bits per heavy atom. The smallest absolute Gasteiger partial charge is 0.216 e. The number of nitrogens with zero attached hydrogens (tertiary/aromatic N) is 3. The second kappa shape index (κ2) is 4.79. The van der Waals surface area contributed by atoms with Crippen molar-refractivity contribution >= 4 is 5.65 Å². The highest BCUT2D eigenvalue weighted by Gasteiger charge is 2.28. The fourth-order valence-electron chi connectivity index (χ4n) is 2.22. The number of hydrogen-bond acceptors (Lipinski definition) is 5. The van der Waals surface area contributed by atoms with Gasteiger partial charge in [0.15, 0.2) is 5.65 Å². The van der Waals surface area contributed by atoms with Gasteiger partial charge in [-0.15, -0.1) is 0 Å². The van der Waals surface area contributed by atoms with Gasteiger partial charge in [-0.3, -0.25) is 0 Å². The van der Waals surface area contributed by atoms with Gasteiger partial charge in [-0.25, -0.2) is 4.52 Å². The maximum Gasteiger partial charge on any atom is 0.216 e. The Balaban J connectivity index is 1.62. The molecule has 0 bridgehead atoms. The minimum Gasteiger partial charge on any atom is -0.475 e. The SMILES string of the molecule is CC1(C)CNCC(COc2ccn3nccc3n2)O1. The maximum absolute atomic E-state index is 5.94. The number of hydrogen-bond donors (Lipinski definition) is 1. The Hall–Kier alpha value is -1.66. The van der Waals surface area contributed by atoms with Crippen LogP contribution in [-0.4, -0.2) is 46.0 Å². The molecule has 2 aromatic heterocycles. The molecule has 19 heavy (non-hydrogen) atoms. The molecule has 0 radical (unpaired) electrons. The standard InChI is InChI=1S/C13H18N4O2/c1-13(2)9-14-7-10(19-13)8-18-12-4-6-17-11(16-12)3-5-15-17/h3-6,10,14H,7-9H2,1-2H3. The van der Waals surface area contributed by atoms with Crippen LogP contribution in [0.3, 0.4) is 0 Å². The Morgan fingerprint density at radius 3 is 3.26 bits per heavy atom. The van der Waals surface area contributed by atoms with Crippen molar-refractivity contribution in [2.24, 2.45) is 0 Å². The van der Waals surface area contributed by atoms with Gasteiger partial charge in [0.2, 0.25) is 5.88 Å². The second-order valence-corrected chi connectivity index (χ2v) is 5.34. The van der Waals surface area contributed by atoms with Crippen LogP contribution in [0.25, 0.3) is 5.65 Å². The summed E-state index contributed by atoms with van der Waals surface area (Å²) in [7, 11) is 0. The fourth-order valence-corrected chi connectivity index (χ4v) is 2.22. The van der Waals surface area contributed by atoms with Gasteiger partial charge in [0.25, 0.3) is 0 Å². The molecule has 3 heterocycles. The molecule has 0 aromatic carbocycles. The highest BCUT2D eigenvalue weighted by molar-refractivity contribution is 5.37. The van der Waals surface area contributed by atoms with E-state index in [4.69, 9.17) is 9.47 Å². The summed E-state index contributed by atoms with van der Waals surface area (Å²) in [5, 5.41) is 7.44. The van der Waals surface area contributed by atoms with E-state index in [0.29, 0.717) is 12.5 Å². The summed E-state index contributed by atoms with van der Waals surface area (Å²) >= 11 is 0. The highest BCUT2D eigenvalue weighted by Crippen LogP contribution is 2.16. The molecule has 1 fully saturated rings. The van der Waals surface area contributed by atoms with Crippen LogP contribution in [0, 0.1) is 0 Å². The summed E-state index contributed by atoms with van der Waals surface area (Å²) in [6.07, 6.45) is 3.59. The second-order valence-electron chi connectivity index (χ2n) is 5.34. The molecule has 1 N–H and O–H groups in total. The van der Waals surface area contributed by atoms with E-state index in [0.717, 1.165) is 18.7 Å². The predicted molar refractivity (Wildman–Crippen MR) is 70.3 cm³/mol. The van der Waals surface area contributed by atoms with Crippen LogP contribution in [-0.2, 0) is 4.74 Å². The van der Waals surface area contributed by atoms with Crippen LogP contribution < -0.4 is 10.1 Å². The van der Waals surface area contributed by atoms with Crippen molar-refractivity contribution in [2.45, 2.75) is 25.6 Å². The Labute approximate surface area is 111 Å². The highest BCUT2D eigenvalue weighted by atomic mass is 16.6. The van der Waals surface area contributed by atoms with Gasteiger partial charge in [0.05, 0.1) is 11.8 Å². The first-order valence-electron chi connectivity index (χ1n) is 6.44. The first kappa shape index (κ1) is 12.4. The lowest BCUT2D eigenvalue weighted by atomic mass is 10.1. The summed E-state index contributed by atoms with van der Waals surface area (Å²) in [5.41, 5.74) is 0.635. The zero-order chi connectivity index (χ0) is 13.3. The average Bonchev–Trinajstić information content (AvgIpc) is 2.82. The molecular formula is C13H18N4O2. The quantitative estimate of drug-likeness (QED) is 0.889. The van der Waals surface area contributed by atoms with E-state index in [1.807, 2.05) is 12.3 Å². The zero-order valence-electron chi connectivity index (χ0n) is 11.2. The van der Waals surface area contributed by atoms with Crippen molar-refractivity contribution in [3.05, 3.63) is 24.5 Å². The first-order valence-corrected chi connectivity index (χ1v) is 6.44. The molecule has 0 spiro atoms. The molecule has 6 nitrogen and oxygen atoms in total. The predicted octanol–water partition coefficient (Wildman–Crippen LogP) is 0.875. The third kappa shape index (κ3) is 2.85. The van der Waals surface area contributed by atoms with E-state index in [9.17, 15) is 0 Å². The fraction of sp³-hybridized carbons (Fsp3) is 0.538. The van der Waals surface area contributed by atoms with E-state index >= 15 is 0 Å². The monoisotopic (exact) mass is 262 g/mol. The van der Waals surface area contributed by atoms with Crippen molar-refractivity contribution in [3.8, 4) is 5.88 Å². The molecule has 6 heteroatoms. The summed E-state index contributed by atoms with van der Waals surface area (Å²) in [6, 6.07) is 3.65. The minimum atomic E-state index is -0.144. The van der Waals surface area contributed by atoms with Gasteiger partial charge in [0, 0.05) is 31.4 Å². The molecule has 2 aromatic rings. The molecule has 1 aliphatic rings. The van der Waals surface area contributed by atoms with Gasteiger partial charge in [-0.05, 0) is 13.8 Å². The molecule has 0 saturated carbocycles. The van der Waals surface area contributed by atoms with Crippen LogP contribution in [0.15, 0.2) is 24.5 Å². The van der Waals surface area contributed by atoms with Gasteiger partial charge in [-0.2, -0.15) is 10.1 Å². The Morgan fingerprint density at radius 1 is 1.53 bits per heavy atom. The van der Waals surface area contributed by atoms with Crippen LogP contribution >= 0.6 is 0 Å². The summed E-state index contributed by atoms with van der Waals surface area (Å²) in [5.74, 6) is 0.597. The first-order chi connectivity index (χ1) is 9.12. The zero-order valence-corrected chi connectivity index (χ0v) is 11.2. The molecule has 1 atom stereocenters. The number of rotatable bonds is 3. The van der Waals surface area contributed by atoms with Crippen LogP contribution in [0.4, 0.5) is 0 Å². The molecule has 102 valence electrons. The summed E-state index contributed by atoms with van der Waals surface area (Å²) in [6.45, 7) is 6.31. The van der Waals surface area contributed by atoms with Crippen LogP contribution in [0.2, 0.25) is 0 Å². The van der Waals surface area contributed by atoms with Gasteiger partial charge < -0.3 is 14.8 Å². The molecule has 1 unspecified atom stereocenters. The Kier molecular flexibility index (Phi) is 3.12. The van der Waals surface area contributed by atoms with Crippen molar-refractivity contribution in [3.63, 3.8) is 0 Å². The topological polar surface area (TPSA) is 60.7 Å². The van der Waals surface area contributed by atoms with Gasteiger partial charge in [-0.1, -0.05) is 0 Å². The third-order valence-corrected chi connectivity index (χ3v) is 3.06. The van der Waals surface area contributed by atoms with Crippen LogP contribution in [0.1, 0.15) is 13.8 Å². The Bertz CT molecular complexity index is 567. The molecule has 0 aliphatic carbocycles. The van der Waals surface area contributed by atoms with Gasteiger partial charge >= 0.3 is 0 Å². The number of nitrogens with one attached hydrogen (secondary N) is 1. The van der Waals surface area contributed by atoms with Gasteiger partial charge in [0.1, 0.15) is 12.7 Å². The van der Waals surface area contributed by atoms with E-state index in [1.54, 1.807) is 16.8 Å². The molecule has 3 rings (SSSR count). The number of ether oxygens (including phenoxy) is 2. The molecule has 0 amide bonds. The maximum atomic E-state index is 5.94. The van der Waals surface area contributed by atoms with Crippen LogP contribution in [0.5, 0.6) is 5.88 Å². The molecule has 1 saturated heterocycles. The largest absolute Gasteiger partial charge is 0.475 e. The normalized spacial score (nSPS) is 22.5. The molecule has 1 aliphatic heterocycles. The minimum absolute atomic E-state index is 0.0479. The van der Waals surface area contributed by atoms with Crippen molar-refractivity contribution < 1.29 is 9.47 Å². The van der Waals surface area contributed by atoms with Crippen molar-refractivity contribution in [2.75, 3.05) is 19.7 Å². The van der Waals surface area contributed by atoms with Crippen molar-refractivity contribution in [1.82, 2.24) is 19.9 Å². The van der Waals surface area contributed by atoms with Crippen molar-refractivity contribution in [1.29, 1.82) is 0 Å². The summed E-state index contributed by atoms with van der Waals surface area (Å²) in [4.78, 5) is 4.36. The molecular weight excluding hydrogens is 244 g/mol. The average molecular weight is 262 g/mol. The van der Waals surface area contributed by atoms with E-state index in [2.05, 4.69) is 29.2 Å². The van der Waals surface area contributed by atoms with E-state index in [1.165, 1.54) is 0 Å². The summed E-state index contributed by atoms with van der Waals surface area (Å²) < 4.78 is 13.3. The van der Waals surface area contributed by atoms with E-state index in [-0.39, 0.29) is 11.7 Å². The number of aromatic nitrogens is 3. The number of morpholine rings is 1. The lowest BCUT2D eigenvalue weighted by Crippen LogP contribution is -2.52. The number of fused-ring (bicyclic) bond motifs is 1. The lowest BCUT2D eigenvalue weighted by molar-refractivity contribution is -0.107. The van der Waals surface area contributed by atoms with E-state index < -0.39 is 0 Å². The third-order valence-electron chi connectivity index (χ3n) is 3.06.